The number of aryl methyl sites for hydroxylation is 1. The standard InChI is InChI=1S/C27H31F2N5O4/c1-4-27(31-13-20-17(28)11-21-25(32-20)33-22(35)14-37-21)10-9-26(2,38-15-27)8-7-16-18(29)12-30-19-5-6-23(36-3)34-24(16)19/h5-6,11-12,31H,4,7-10,13-15H2,1-3H3,(H,32,33,35). The fourth-order valence-corrected chi connectivity index (χ4v) is 4.94. The molecule has 1 saturated heterocycles. The monoisotopic (exact) mass is 527 g/mol. The fourth-order valence-electron chi connectivity index (χ4n) is 4.94. The minimum Gasteiger partial charge on any atom is -0.481 e. The van der Waals surface area contributed by atoms with Crippen LogP contribution in [-0.2, 0) is 22.5 Å². The first-order valence-electron chi connectivity index (χ1n) is 12.7. The largest absolute Gasteiger partial charge is 0.481 e. The first kappa shape index (κ1) is 26.2. The van der Waals surface area contributed by atoms with Crippen molar-refractivity contribution in [3.63, 3.8) is 0 Å². The third kappa shape index (κ3) is 5.25. The SMILES string of the molecule is CCC1(NCc2nc3c(cc2F)OCC(=O)N3)CCC(C)(CCc2c(F)cnc3ccc(OC)nc23)OC1. The van der Waals surface area contributed by atoms with Crippen molar-refractivity contribution < 1.29 is 27.8 Å². The van der Waals surface area contributed by atoms with Crippen LogP contribution in [0.3, 0.4) is 0 Å². The number of methoxy groups -OCH3 is 1. The number of carbonyl (C=O) groups is 1. The number of hydrogen-bond acceptors (Lipinski definition) is 8. The van der Waals surface area contributed by atoms with Crippen LogP contribution >= 0.6 is 0 Å². The summed E-state index contributed by atoms with van der Waals surface area (Å²) in [5, 5.41) is 6.06. The molecule has 3 aromatic heterocycles. The second kappa shape index (κ2) is 10.4. The zero-order valence-corrected chi connectivity index (χ0v) is 21.7. The zero-order chi connectivity index (χ0) is 26.9. The third-order valence-corrected chi connectivity index (χ3v) is 7.62. The summed E-state index contributed by atoms with van der Waals surface area (Å²) in [6.45, 7) is 4.52. The van der Waals surface area contributed by atoms with E-state index in [0.717, 1.165) is 19.3 Å². The van der Waals surface area contributed by atoms with Crippen molar-refractivity contribution in [1.82, 2.24) is 20.3 Å². The quantitative estimate of drug-likeness (QED) is 0.451. The Balaban J connectivity index is 1.24. The number of fused-ring (bicyclic) bond motifs is 2. The number of halogens is 2. The summed E-state index contributed by atoms with van der Waals surface area (Å²) < 4.78 is 46.3. The van der Waals surface area contributed by atoms with Gasteiger partial charge in [0.2, 0.25) is 5.88 Å². The summed E-state index contributed by atoms with van der Waals surface area (Å²) in [4.78, 5) is 24.4. The van der Waals surface area contributed by atoms with E-state index < -0.39 is 17.2 Å². The number of carbonyl (C=O) groups excluding carboxylic acids is 1. The van der Waals surface area contributed by atoms with Gasteiger partial charge in [-0.25, -0.2) is 18.7 Å². The summed E-state index contributed by atoms with van der Waals surface area (Å²) in [5.74, 6) is -0.374. The predicted molar refractivity (Wildman–Crippen MR) is 136 cm³/mol. The van der Waals surface area contributed by atoms with Crippen molar-refractivity contribution in [2.75, 3.05) is 25.6 Å². The molecule has 3 aromatic rings. The molecule has 0 spiro atoms. The Kier molecular flexibility index (Phi) is 7.15. The highest BCUT2D eigenvalue weighted by Crippen LogP contribution is 2.37. The smallest absolute Gasteiger partial charge is 0.263 e. The number of rotatable bonds is 8. The van der Waals surface area contributed by atoms with Gasteiger partial charge in [0, 0.05) is 29.8 Å². The Morgan fingerprint density at radius 2 is 2.05 bits per heavy atom. The van der Waals surface area contributed by atoms with Crippen LogP contribution in [0.15, 0.2) is 24.4 Å². The minimum absolute atomic E-state index is 0.157. The summed E-state index contributed by atoms with van der Waals surface area (Å²) in [6, 6.07) is 4.72. The lowest BCUT2D eigenvalue weighted by molar-refractivity contribution is -0.118. The van der Waals surface area contributed by atoms with E-state index >= 15 is 0 Å². The molecule has 0 radical (unpaired) electrons. The summed E-state index contributed by atoms with van der Waals surface area (Å²) in [5.41, 5.74) is 0.966. The highest BCUT2D eigenvalue weighted by Gasteiger charge is 2.40. The van der Waals surface area contributed by atoms with Crippen molar-refractivity contribution in [3.05, 3.63) is 47.3 Å². The number of pyridine rings is 3. The van der Waals surface area contributed by atoms with Gasteiger partial charge in [0.25, 0.3) is 5.91 Å². The maximum absolute atomic E-state index is 14.8. The van der Waals surface area contributed by atoms with Crippen molar-refractivity contribution >= 4 is 22.8 Å². The molecular weight excluding hydrogens is 496 g/mol. The Morgan fingerprint density at radius 3 is 2.79 bits per heavy atom. The number of anilines is 1. The Labute approximate surface area is 219 Å². The second-order valence-corrected chi connectivity index (χ2v) is 10.1. The second-order valence-electron chi connectivity index (χ2n) is 10.1. The lowest BCUT2D eigenvalue weighted by Crippen LogP contribution is -2.55. The molecule has 0 aliphatic carbocycles. The fraction of sp³-hybridized carbons (Fsp3) is 0.481. The molecule has 2 unspecified atom stereocenters. The van der Waals surface area contributed by atoms with Gasteiger partial charge in [0.15, 0.2) is 18.2 Å². The van der Waals surface area contributed by atoms with Gasteiger partial charge in [-0.05, 0) is 45.1 Å². The van der Waals surface area contributed by atoms with Gasteiger partial charge in [0.1, 0.15) is 11.6 Å². The Bertz CT molecular complexity index is 1360. The molecule has 38 heavy (non-hydrogen) atoms. The molecule has 2 atom stereocenters. The zero-order valence-electron chi connectivity index (χ0n) is 21.7. The van der Waals surface area contributed by atoms with Crippen LogP contribution in [0.5, 0.6) is 11.6 Å². The highest BCUT2D eigenvalue weighted by atomic mass is 19.1. The van der Waals surface area contributed by atoms with Crippen LogP contribution in [0, 0.1) is 11.6 Å². The van der Waals surface area contributed by atoms with Crippen LogP contribution in [0.4, 0.5) is 14.6 Å². The normalized spacial score (nSPS) is 23.0. The maximum atomic E-state index is 14.8. The summed E-state index contributed by atoms with van der Waals surface area (Å²) in [7, 11) is 1.52. The number of nitrogens with zero attached hydrogens (tertiary/aromatic N) is 3. The van der Waals surface area contributed by atoms with Crippen molar-refractivity contribution in [1.29, 1.82) is 0 Å². The molecule has 1 amide bonds. The molecule has 2 aliphatic rings. The third-order valence-electron chi connectivity index (χ3n) is 7.62. The van der Waals surface area contributed by atoms with Crippen LogP contribution < -0.4 is 20.1 Å². The van der Waals surface area contributed by atoms with Gasteiger partial charge < -0.3 is 24.8 Å². The van der Waals surface area contributed by atoms with Crippen LogP contribution in [0.25, 0.3) is 11.0 Å². The van der Waals surface area contributed by atoms with E-state index in [0.29, 0.717) is 41.9 Å². The molecule has 2 aliphatic heterocycles. The van der Waals surface area contributed by atoms with Gasteiger partial charge in [-0.3, -0.25) is 9.78 Å². The molecule has 202 valence electrons. The summed E-state index contributed by atoms with van der Waals surface area (Å²) >= 11 is 0. The van der Waals surface area contributed by atoms with Crippen LogP contribution in [0.2, 0.25) is 0 Å². The van der Waals surface area contributed by atoms with Crippen molar-refractivity contribution in [2.24, 2.45) is 0 Å². The maximum Gasteiger partial charge on any atom is 0.263 e. The predicted octanol–water partition coefficient (Wildman–Crippen LogP) is 4.08. The van der Waals surface area contributed by atoms with E-state index in [-0.39, 0.29) is 41.9 Å². The summed E-state index contributed by atoms with van der Waals surface area (Å²) in [6.07, 6.45) is 4.56. The van der Waals surface area contributed by atoms with Crippen LogP contribution in [0.1, 0.15) is 50.8 Å². The lowest BCUT2D eigenvalue weighted by atomic mass is 9.80. The first-order valence-corrected chi connectivity index (χ1v) is 12.7. The Hall–Kier alpha value is -3.44. The number of nitrogens with one attached hydrogen (secondary N) is 2. The van der Waals surface area contributed by atoms with Crippen molar-refractivity contribution in [2.45, 2.75) is 63.6 Å². The molecule has 2 N–H and O–H groups in total. The van der Waals surface area contributed by atoms with E-state index in [1.165, 1.54) is 19.4 Å². The van der Waals surface area contributed by atoms with Gasteiger partial charge in [0.05, 0.1) is 42.2 Å². The molecule has 5 rings (SSSR count). The van der Waals surface area contributed by atoms with Gasteiger partial charge in [-0.2, -0.15) is 0 Å². The van der Waals surface area contributed by atoms with E-state index in [1.54, 1.807) is 12.1 Å². The molecule has 1 fully saturated rings. The van der Waals surface area contributed by atoms with Gasteiger partial charge >= 0.3 is 0 Å². The van der Waals surface area contributed by atoms with E-state index in [4.69, 9.17) is 14.2 Å². The molecule has 0 saturated carbocycles. The highest BCUT2D eigenvalue weighted by molar-refractivity contribution is 5.94. The average molecular weight is 528 g/mol. The molecular formula is C27H31F2N5O4. The van der Waals surface area contributed by atoms with E-state index in [2.05, 4.69) is 32.5 Å². The Morgan fingerprint density at radius 1 is 1.21 bits per heavy atom. The molecule has 0 bridgehead atoms. The molecule has 11 heteroatoms. The first-order chi connectivity index (χ1) is 18.2. The number of aromatic nitrogens is 3. The molecule has 0 aromatic carbocycles. The van der Waals surface area contributed by atoms with Crippen LogP contribution in [-0.4, -0.2) is 52.3 Å². The average Bonchev–Trinajstić information content (AvgIpc) is 2.92. The van der Waals surface area contributed by atoms with E-state index in [1.807, 2.05) is 6.92 Å². The number of ether oxygens (including phenoxy) is 3. The topological polar surface area (TPSA) is 107 Å². The van der Waals surface area contributed by atoms with E-state index in [9.17, 15) is 13.6 Å². The van der Waals surface area contributed by atoms with Gasteiger partial charge in [-0.15, -0.1) is 0 Å². The number of hydrogen-bond donors (Lipinski definition) is 2. The van der Waals surface area contributed by atoms with Crippen molar-refractivity contribution in [3.8, 4) is 11.6 Å². The number of amides is 1. The molecule has 9 nitrogen and oxygen atoms in total. The lowest BCUT2D eigenvalue weighted by Gasteiger charge is -2.45. The molecule has 5 heterocycles. The van der Waals surface area contributed by atoms with Gasteiger partial charge in [-0.1, -0.05) is 6.92 Å². The minimum atomic E-state index is -0.503.